The molecule has 2 nitrogen and oxygen atoms in total. The highest BCUT2D eigenvalue weighted by Crippen LogP contribution is 2.28. The zero-order valence-corrected chi connectivity index (χ0v) is 7.58. The van der Waals surface area contributed by atoms with Crippen LogP contribution in [0.15, 0.2) is 0 Å². The molecule has 1 aliphatic rings. The number of Topliss-reactive ketones (excluding diaryl/α,β-unsaturated/α-hetero) is 1. The Labute approximate surface area is 73.3 Å². The Morgan fingerprint density at radius 1 is 1.50 bits per heavy atom. The maximum Gasteiger partial charge on any atom is 0.135 e. The Balaban J connectivity index is 2.45. The summed E-state index contributed by atoms with van der Waals surface area (Å²) in [5.41, 5.74) is 0. The van der Waals surface area contributed by atoms with Crippen molar-refractivity contribution in [1.82, 2.24) is 0 Å². The summed E-state index contributed by atoms with van der Waals surface area (Å²) in [7, 11) is 0. The number of ketones is 1. The van der Waals surface area contributed by atoms with Crippen molar-refractivity contribution in [3.8, 4) is 0 Å². The third-order valence-electron chi connectivity index (χ3n) is 2.71. The molecule has 0 aliphatic heterocycles. The molecular weight excluding hydrogens is 152 g/mol. The number of carbonyl (C=O) groups excluding carboxylic acids is 2. The van der Waals surface area contributed by atoms with Crippen LogP contribution in [0.1, 0.15) is 39.0 Å². The zero-order valence-electron chi connectivity index (χ0n) is 7.58. The summed E-state index contributed by atoms with van der Waals surface area (Å²) in [6.07, 6.45) is 5.45. The largest absolute Gasteiger partial charge is 0.303 e. The molecule has 0 heterocycles. The molecule has 1 fully saturated rings. The van der Waals surface area contributed by atoms with E-state index in [1.807, 2.05) is 6.92 Å². The summed E-state index contributed by atoms with van der Waals surface area (Å²) in [4.78, 5) is 21.8. The van der Waals surface area contributed by atoms with E-state index in [9.17, 15) is 9.59 Å². The third kappa shape index (κ3) is 2.16. The predicted octanol–water partition coefficient (Wildman–Crippen LogP) is 1.97. The van der Waals surface area contributed by atoms with E-state index in [1.54, 1.807) is 0 Å². The summed E-state index contributed by atoms with van der Waals surface area (Å²) >= 11 is 0. The molecule has 0 aromatic rings. The van der Waals surface area contributed by atoms with Crippen LogP contribution in [0.4, 0.5) is 0 Å². The fourth-order valence-corrected chi connectivity index (χ4v) is 1.93. The first-order chi connectivity index (χ1) is 5.77. The molecule has 0 aromatic heterocycles. The predicted molar refractivity (Wildman–Crippen MR) is 46.8 cm³/mol. The second kappa shape index (κ2) is 4.39. The van der Waals surface area contributed by atoms with E-state index in [-0.39, 0.29) is 11.8 Å². The van der Waals surface area contributed by atoms with Crippen molar-refractivity contribution in [3.05, 3.63) is 0 Å². The van der Waals surface area contributed by atoms with Crippen LogP contribution in [-0.4, -0.2) is 12.1 Å². The van der Waals surface area contributed by atoms with E-state index in [1.165, 1.54) is 0 Å². The van der Waals surface area contributed by atoms with Gasteiger partial charge < -0.3 is 4.79 Å². The summed E-state index contributed by atoms with van der Waals surface area (Å²) in [6.45, 7) is 1.90. The van der Waals surface area contributed by atoms with E-state index in [4.69, 9.17) is 0 Å². The number of rotatable bonds is 3. The normalized spacial score (nSPS) is 29.8. The highest BCUT2D eigenvalue weighted by molar-refractivity contribution is 5.81. The lowest BCUT2D eigenvalue weighted by molar-refractivity contribution is -0.124. The SMILES string of the molecule is CCC(=O)C1CCCC(C=O)C1. The molecule has 1 rings (SSSR count). The third-order valence-corrected chi connectivity index (χ3v) is 2.71. The topological polar surface area (TPSA) is 34.1 Å². The lowest BCUT2D eigenvalue weighted by Crippen LogP contribution is -2.22. The maximum absolute atomic E-state index is 11.3. The lowest BCUT2D eigenvalue weighted by atomic mass is 9.79. The van der Waals surface area contributed by atoms with E-state index in [2.05, 4.69) is 0 Å². The van der Waals surface area contributed by atoms with E-state index in [0.29, 0.717) is 12.2 Å². The van der Waals surface area contributed by atoms with Crippen molar-refractivity contribution < 1.29 is 9.59 Å². The van der Waals surface area contributed by atoms with Crippen molar-refractivity contribution in [2.75, 3.05) is 0 Å². The number of hydrogen-bond donors (Lipinski definition) is 0. The molecule has 0 N–H and O–H groups in total. The van der Waals surface area contributed by atoms with Gasteiger partial charge in [-0.2, -0.15) is 0 Å². The van der Waals surface area contributed by atoms with Crippen LogP contribution in [0.5, 0.6) is 0 Å². The van der Waals surface area contributed by atoms with E-state index < -0.39 is 0 Å². The molecule has 0 spiro atoms. The molecule has 2 unspecified atom stereocenters. The highest BCUT2D eigenvalue weighted by Gasteiger charge is 2.25. The zero-order chi connectivity index (χ0) is 8.97. The van der Waals surface area contributed by atoms with Gasteiger partial charge in [-0.05, 0) is 19.3 Å². The molecule has 12 heavy (non-hydrogen) atoms. The average molecular weight is 168 g/mol. The fourth-order valence-electron chi connectivity index (χ4n) is 1.93. The Hall–Kier alpha value is -0.660. The van der Waals surface area contributed by atoms with Gasteiger partial charge in [0.05, 0.1) is 0 Å². The van der Waals surface area contributed by atoms with Gasteiger partial charge in [0.25, 0.3) is 0 Å². The Morgan fingerprint density at radius 2 is 2.25 bits per heavy atom. The summed E-state index contributed by atoms with van der Waals surface area (Å²) < 4.78 is 0. The summed E-state index contributed by atoms with van der Waals surface area (Å²) in [5, 5.41) is 0. The van der Waals surface area contributed by atoms with Crippen molar-refractivity contribution >= 4 is 12.1 Å². The number of hydrogen-bond acceptors (Lipinski definition) is 2. The number of aldehydes is 1. The minimum Gasteiger partial charge on any atom is -0.303 e. The second-order valence-electron chi connectivity index (χ2n) is 3.58. The van der Waals surface area contributed by atoms with Crippen LogP contribution >= 0.6 is 0 Å². The fraction of sp³-hybridized carbons (Fsp3) is 0.800. The molecular formula is C10H16O2. The molecule has 2 heteroatoms. The molecule has 68 valence electrons. The minimum absolute atomic E-state index is 0.152. The second-order valence-corrected chi connectivity index (χ2v) is 3.58. The molecule has 0 saturated heterocycles. The molecule has 1 aliphatic carbocycles. The van der Waals surface area contributed by atoms with E-state index >= 15 is 0 Å². The molecule has 2 atom stereocenters. The van der Waals surface area contributed by atoms with Crippen LogP contribution in [0.25, 0.3) is 0 Å². The van der Waals surface area contributed by atoms with E-state index in [0.717, 1.165) is 32.0 Å². The van der Waals surface area contributed by atoms with Crippen LogP contribution < -0.4 is 0 Å². The quantitative estimate of drug-likeness (QED) is 0.604. The Kier molecular flexibility index (Phi) is 3.45. The average Bonchev–Trinajstić information content (AvgIpc) is 2.17. The van der Waals surface area contributed by atoms with Crippen molar-refractivity contribution in [2.24, 2.45) is 11.8 Å². The molecule has 1 saturated carbocycles. The van der Waals surface area contributed by atoms with Crippen molar-refractivity contribution in [2.45, 2.75) is 39.0 Å². The van der Waals surface area contributed by atoms with Gasteiger partial charge in [0.1, 0.15) is 12.1 Å². The molecule has 0 aromatic carbocycles. The van der Waals surface area contributed by atoms with Gasteiger partial charge >= 0.3 is 0 Å². The van der Waals surface area contributed by atoms with Crippen LogP contribution in [0, 0.1) is 11.8 Å². The Morgan fingerprint density at radius 3 is 2.83 bits per heavy atom. The van der Waals surface area contributed by atoms with Gasteiger partial charge in [-0.1, -0.05) is 13.3 Å². The van der Waals surface area contributed by atoms with Gasteiger partial charge in [0.2, 0.25) is 0 Å². The Bertz CT molecular complexity index is 175. The van der Waals surface area contributed by atoms with Gasteiger partial charge in [-0.25, -0.2) is 0 Å². The van der Waals surface area contributed by atoms with Crippen LogP contribution in [0.3, 0.4) is 0 Å². The first-order valence-electron chi connectivity index (χ1n) is 4.76. The standard InChI is InChI=1S/C10H16O2/c1-2-10(12)9-5-3-4-8(6-9)7-11/h7-9H,2-6H2,1H3. The summed E-state index contributed by atoms with van der Waals surface area (Å²) in [6, 6.07) is 0. The van der Waals surface area contributed by atoms with Gasteiger partial charge in [0, 0.05) is 18.3 Å². The van der Waals surface area contributed by atoms with Crippen molar-refractivity contribution in [3.63, 3.8) is 0 Å². The first kappa shape index (κ1) is 9.43. The van der Waals surface area contributed by atoms with Crippen LogP contribution in [0.2, 0.25) is 0 Å². The van der Waals surface area contributed by atoms with Gasteiger partial charge in [0.15, 0.2) is 0 Å². The van der Waals surface area contributed by atoms with Crippen LogP contribution in [-0.2, 0) is 9.59 Å². The smallest absolute Gasteiger partial charge is 0.135 e. The number of carbonyl (C=O) groups is 2. The van der Waals surface area contributed by atoms with Gasteiger partial charge in [-0.15, -0.1) is 0 Å². The first-order valence-corrected chi connectivity index (χ1v) is 4.76. The minimum atomic E-state index is 0.152. The lowest BCUT2D eigenvalue weighted by Gasteiger charge is -2.24. The van der Waals surface area contributed by atoms with Crippen molar-refractivity contribution in [1.29, 1.82) is 0 Å². The van der Waals surface area contributed by atoms with Gasteiger partial charge in [-0.3, -0.25) is 4.79 Å². The highest BCUT2D eigenvalue weighted by atomic mass is 16.1. The molecule has 0 bridgehead atoms. The summed E-state index contributed by atoms with van der Waals surface area (Å²) in [5.74, 6) is 0.666. The maximum atomic E-state index is 11.3. The monoisotopic (exact) mass is 168 g/mol. The molecule has 0 amide bonds. The molecule has 0 radical (unpaired) electrons.